The Bertz CT molecular complexity index is 1010. The van der Waals surface area contributed by atoms with Crippen molar-refractivity contribution in [2.24, 2.45) is 0 Å². The highest BCUT2D eigenvalue weighted by molar-refractivity contribution is 6.05. The molecular formula is C24H24FNO3. The number of ether oxygens (including phenoxy) is 1. The summed E-state index contributed by atoms with van der Waals surface area (Å²) in [4.78, 5) is 14.8. The van der Waals surface area contributed by atoms with Gasteiger partial charge in [0.05, 0.1) is 0 Å². The lowest BCUT2D eigenvalue weighted by Crippen LogP contribution is -2.42. The van der Waals surface area contributed by atoms with E-state index >= 15 is 0 Å². The van der Waals surface area contributed by atoms with E-state index in [0.717, 1.165) is 36.3 Å². The summed E-state index contributed by atoms with van der Waals surface area (Å²) in [6.45, 7) is 4.35. The molecule has 1 amide bonds. The Morgan fingerprint density at radius 1 is 1.17 bits per heavy atom. The van der Waals surface area contributed by atoms with Crippen LogP contribution in [0.1, 0.15) is 47.7 Å². The first-order chi connectivity index (χ1) is 14.0. The van der Waals surface area contributed by atoms with Crippen molar-refractivity contribution in [2.45, 2.75) is 45.8 Å². The van der Waals surface area contributed by atoms with Crippen molar-refractivity contribution in [2.75, 3.05) is 4.90 Å². The molecule has 0 saturated carbocycles. The van der Waals surface area contributed by atoms with E-state index in [1.54, 1.807) is 23.1 Å². The quantitative estimate of drug-likeness (QED) is 0.571. The second kappa shape index (κ2) is 8.11. The van der Waals surface area contributed by atoms with Crippen LogP contribution in [0.4, 0.5) is 10.1 Å². The van der Waals surface area contributed by atoms with Crippen molar-refractivity contribution in [3.8, 4) is 5.75 Å². The van der Waals surface area contributed by atoms with Gasteiger partial charge in [0.25, 0.3) is 5.91 Å². The Balaban J connectivity index is 1.48. The Morgan fingerprint density at radius 3 is 2.72 bits per heavy atom. The number of halogens is 1. The van der Waals surface area contributed by atoms with Gasteiger partial charge in [-0.05, 0) is 79.8 Å². The fraction of sp³-hybridized carbons (Fsp3) is 0.292. The zero-order chi connectivity index (χ0) is 20.4. The van der Waals surface area contributed by atoms with Crippen LogP contribution in [0.2, 0.25) is 0 Å². The second-order valence-electron chi connectivity index (χ2n) is 7.39. The van der Waals surface area contributed by atoms with Crippen LogP contribution in [-0.2, 0) is 19.4 Å². The largest absolute Gasteiger partial charge is 0.486 e. The molecule has 4 nitrogen and oxygen atoms in total. The van der Waals surface area contributed by atoms with Crippen molar-refractivity contribution in [3.63, 3.8) is 0 Å². The van der Waals surface area contributed by atoms with Crippen molar-refractivity contribution in [1.82, 2.24) is 0 Å². The highest BCUT2D eigenvalue weighted by Crippen LogP contribution is 2.32. The Hall–Kier alpha value is -3.08. The predicted molar refractivity (Wildman–Crippen MR) is 110 cm³/mol. The standard InChI is InChI=1S/C24H24FNO3/c1-3-17-5-9-20(10-6-17)28-15-21-11-13-23(29-21)24(27)26-16(2)4-7-18-14-19(25)8-12-22(18)26/h5-6,8-14,16H,3-4,7,15H2,1-2H3. The molecule has 5 heteroatoms. The minimum atomic E-state index is -0.282. The number of amides is 1. The van der Waals surface area contributed by atoms with Gasteiger partial charge in [-0.1, -0.05) is 19.1 Å². The molecule has 0 aliphatic carbocycles. The molecule has 2 heterocycles. The predicted octanol–water partition coefficient (Wildman–Crippen LogP) is 5.54. The normalized spacial score (nSPS) is 15.8. The number of rotatable bonds is 5. The lowest BCUT2D eigenvalue weighted by Gasteiger charge is -2.34. The molecule has 1 atom stereocenters. The number of aryl methyl sites for hydroxylation is 2. The summed E-state index contributed by atoms with van der Waals surface area (Å²) in [7, 11) is 0. The maximum atomic E-state index is 13.6. The molecule has 4 rings (SSSR count). The van der Waals surface area contributed by atoms with Crippen LogP contribution in [0.25, 0.3) is 0 Å². The van der Waals surface area contributed by atoms with E-state index in [1.165, 1.54) is 17.7 Å². The molecule has 1 unspecified atom stereocenters. The smallest absolute Gasteiger partial charge is 0.294 e. The van der Waals surface area contributed by atoms with Crippen molar-refractivity contribution >= 4 is 11.6 Å². The maximum Gasteiger partial charge on any atom is 0.294 e. The lowest BCUT2D eigenvalue weighted by molar-refractivity contribution is 0.0944. The molecule has 2 aromatic carbocycles. The maximum absolute atomic E-state index is 13.6. The zero-order valence-corrected chi connectivity index (χ0v) is 16.7. The average molecular weight is 393 g/mol. The highest BCUT2D eigenvalue weighted by Gasteiger charge is 2.30. The molecule has 0 N–H and O–H groups in total. The number of hydrogen-bond donors (Lipinski definition) is 0. The van der Waals surface area contributed by atoms with Gasteiger partial charge >= 0.3 is 0 Å². The van der Waals surface area contributed by atoms with Crippen molar-refractivity contribution in [3.05, 3.63) is 83.1 Å². The number of hydrogen-bond acceptors (Lipinski definition) is 3. The first-order valence-corrected chi connectivity index (χ1v) is 9.97. The van der Waals surface area contributed by atoms with Crippen LogP contribution in [-0.4, -0.2) is 11.9 Å². The van der Waals surface area contributed by atoms with Gasteiger partial charge in [0.15, 0.2) is 5.76 Å². The van der Waals surface area contributed by atoms with Crippen LogP contribution < -0.4 is 9.64 Å². The van der Waals surface area contributed by atoms with Crippen molar-refractivity contribution < 1.29 is 18.3 Å². The number of anilines is 1. The number of carbonyl (C=O) groups is 1. The third-order valence-corrected chi connectivity index (χ3v) is 5.38. The number of furan rings is 1. The van der Waals surface area contributed by atoms with Crippen LogP contribution in [0, 0.1) is 5.82 Å². The summed E-state index contributed by atoms with van der Waals surface area (Å²) in [6, 6.07) is 15.9. The summed E-state index contributed by atoms with van der Waals surface area (Å²) in [5.74, 6) is 1.09. The van der Waals surface area contributed by atoms with Gasteiger partial charge in [-0.25, -0.2) is 4.39 Å². The molecule has 0 fully saturated rings. The summed E-state index contributed by atoms with van der Waals surface area (Å²) >= 11 is 0. The molecule has 29 heavy (non-hydrogen) atoms. The van der Waals surface area contributed by atoms with Gasteiger partial charge in [-0.2, -0.15) is 0 Å². The fourth-order valence-corrected chi connectivity index (χ4v) is 3.69. The molecule has 150 valence electrons. The van der Waals surface area contributed by atoms with Gasteiger partial charge in [-0.15, -0.1) is 0 Å². The minimum absolute atomic E-state index is 0.0161. The van der Waals surface area contributed by atoms with Gasteiger partial charge in [0.2, 0.25) is 0 Å². The second-order valence-corrected chi connectivity index (χ2v) is 7.39. The molecule has 1 aromatic heterocycles. The molecule has 0 saturated heterocycles. The number of fused-ring (bicyclic) bond motifs is 1. The number of benzene rings is 2. The molecule has 1 aliphatic heterocycles. The molecule has 0 radical (unpaired) electrons. The van der Waals surface area contributed by atoms with E-state index < -0.39 is 0 Å². The third-order valence-electron chi connectivity index (χ3n) is 5.38. The monoisotopic (exact) mass is 393 g/mol. The zero-order valence-electron chi connectivity index (χ0n) is 16.7. The molecule has 0 spiro atoms. The van der Waals surface area contributed by atoms with E-state index in [4.69, 9.17) is 9.15 Å². The Morgan fingerprint density at radius 2 is 1.97 bits per heavy atom. The summed E-state index contributed by atoms with van der Waals surface area (Å²) < 4.78 is 25.1. The van der Waals surface area contributed by atoms with Gasteiger partial charge < -0.3 is 14.1 Å². The number of carbonyl (C=O) groups excluding carboxylic acids is 1. The van der Waals surface area contributed by atoms with Crippen LogP contribution >= 0.6 is 0 Å². The van der Waals surface area contributed by atoms with E-state index in [-0.39, 0.29) is 30.1 Å². The third kappa shape index (κ3) is 4.04. The van der Waals surface area contributed by atoms with Gasteiger partial charge in [0.1, 0.15) is 23.9 Å². The highest BCUT2D eigenvalue weighted by atomic mass is 19.1. The lowest BCUT2D eigenvalue weighted by atomic mass is 9.96. The summed E-state index contributed by atoms with van der Waals surface area (Å²) in [5, 5.41) is 0. The Labute approximate surface area is 169 Å². The van der Waals surface area contributed by atoms with E-state index in [2.05, 4.69) is 6.92 Å². The minimum Gasteiger partial charge on any atom is -0.486 e. The average Bonchev–Trinajstić information content (AvgIpc) is 3.21. The number of nitrogens with zero attached hydrogens (tertiary/aromatic N) is 1. The van der Waals surface area contributed by atoms with Crippen LogP contribution in [0.15, 0.2) is 59.0 Å². The summed E-state index contributed by atoms with van der Waals surface area (Å²) in [6.07, 6.45) is 2.52. The molecular weight excluding hydrogens is 369 g/mol. The summed E-state index contributed by atoms with van der Waals surface area (Å²) in [5.41, 5.74) is 2.85. The van der Waals surface area contributed by atoms with E-state index in [0.29, 0.717) is 5.76 Å². The van der Waals surface area contributed by atoms with Gasteiger partial charge in [-0.3, -0.25) is 4.79 Å². The molecule has 0 bridgehead atoms. The van der Waals surface area contributed by atoms with E-state index in [9.17, 15) is 9.18 Å². The van der Waals surface area contributed by atoms with Crippen molar-refractivity contribution in [1.29, 1.82) is 0 Å². The van der Waals surface area contributed by atoms with E-state index in [1.807, 2.05) is 31.2 Å². The molecule has 3 aromatic rings. The first-order valence-electron chi connectivity index (χ1n) is 9.97. The van der Waals surface area contributed by atoms with Crippen LogP contribution in [0.5, 0.6) is 5.75 Å². The van der Waals surface area contributed by atoms with Gasteiger partial charge in [0, 0.05) is 11.7 Å². The SMILES string of the molecule is CCc1ccc(OCc2ccc(C(=O)N3c4ccc(F)cc4CCC3C)o2)cc1. The van der Waals surface area contributed by atoms with Crippen LogP contribution in [0.3, 0.4) is 0 Å². The topological polar surface area (TPSA) is 42.7 Å². The molecule has 1 aliphatic rings. The fourth-order valence-electron chi connectivity index (χ4n) is 3.69. The Kier molecular flexibility index (Phi) is 5.38. The first kappa shape index (κ1) is 19.2.